The van der Waals surface area contributed by atoms with E-state index >= 15 is 0 Å². The largest absolute Gasteiger partial charge is 0.388 e. The monoisotopic (exact) mass is 282 g/mol. The maximum Gasteiger partial charge on any atom is 0.124 e. The first kappa shape index (κ1) is 13.6. The highest BCUT2D eigenvalue weighted by molar-refractivity contribution is 5.60. The van der Waals surface area contributed by atoms with E-state index in [4.69, 9.17) is 0 Å². The number of halogens is 1. The number of aliphatic hydroxyl groups excluding tert-OH is 1. The van der Waals surface area contributed by atoms with Crippen LogP contribution in [0.25, 0.3) is 0 Å². The number of nitrogens with zero attached hydrogens (tertiary/aromatic N) is 2. The van der Waals surface area contributed by atoms with Gasteiger partial charge >= 0.3 is 0 Å². The third kappa shape index (κ3) is 2.61. The molecular weight excluding hydrogens is 267 g/mol. The van der Waals surface area contributed by atoms with Gasteiger partial charge < -0.3 is 10.0 Å². The summed E-state index contributed by atoms with van der Waals surface area (Å²) in [6.45, 7) is 1.23. The second-order valence-electron chi connectivity index (χ2n) is 5.20. The molecule has 0 saturated carbocycles. The van der Waals surface area contributed by atoms with Gasteiger partial charge in [0.25, 0.3) is 0 Å². The van der Waals surface area contributed by atoms with Crippen LogP contribution in [-0.4, -0.2) is 11.7 Å². The van der Waals surface area contributed by atoms with Crippen LogP contribution in [0.5, 0.6) is 0 Å². The van der Waals surface area contributed by atoms with Gasteiger partial charge in [0.2, 0.25) is 0 Å². The zero-order chi connectivity index (χ0) is 14.8. The number of benzene rings is 2. The number of rotatable bonds is 1. The first-order valence-corrected chi connectivity index (χ1v) is 6.89. The van der Waals surface area contributed by atoms with E-state index in [1.165, 1.54) is 12.1 Å². The van der Waals surface area contributed by atoms with Crippen LogP contribution in [0.4, 0.5) is 10.1 Å². The lowest BCUT2D eigenvalue weighted by Crippen LogP contribution is -2.23. The number of hydrogen-bond donors (Lipinski definition) is 1. The maximum absolute atomic E-state index is 13.3. The average Bonchev–Trinajstić information content (AvgIpc) is 2.67. The van der Waals surface area contributed by atoms with Crippen molar-refractivity contribution in [2.75, 3.05) is 11.4 Å². The summed E-state index contributed by atoms with van der Waals surface area (Å²) in [7, 11) is 0. The van der Waals surface area contributed by atoms with Gasteiger partial charge in [-0.15, -0.1) is 0 Å². The van der Waals surface area contributed by atoms with Gasteiger partial charge in [0.15, 0.2) is 0 Å². The fourth-order valence-electron chi connectivity index (χ4n) is 2.80. The molecule has 0 amide bonds. The van der Waals surface area contributed by atoms with Crippen LogP contribution in [-0.2, 0) is 6.54 Å². The van der Waals surface area contributed by atoms with E-state index in [1.807, 2.05) is 35.2 Å². The molecule has 106 valence electrons. The zero-order valence-electron chi connectivity index (χ0n) is 11.5. The summed E-state index contributed by atoms with van der Waals surface area (Å²) in [5.74, 6) is -0.412. The van der Waals surface area contributed by atoms with Gasteiger partial charge in [0.1, 0.15) is 11.9 Å². The molecule has 1 atom stereocenters. The lowest BCUT2D eigenvalue weighted by Gasteiger charge is -2.24. The molecule has 1 heterocycles. The van der Waals surface area contributed by atoms with Crippen molar-refractivity contribution in [3.05, 3.63) is 65.0 Å². The van der Waals surface area contributed by atoms with Crippen LogP contribution < -0.4 is 4.90 Å². The third-order valence-electron chi connectivity index (χ3n) is 3.87. The fraction of sp³-hybridized carbons (Fsp3) is 0.235. The molecule has 2 aromatic carbocycles. The molecule has 2 aromatic rings. The van der Waals surface area contributed by atoms with Crippen molar-refractivity contribution >= 4 is 5.69 Å². The van der Waals surface area contributed by atoms with Gasteiger partial charge in [-0.25, -0.2) is 4.39 Å². The molecule has 1 aliphatic heterocycles. The van der Waals surface area contributed by atoms with Crippen LogP contribution >= 0.6 is 0 Å². The molecule has 3 rings (SSSR count). The van der Waals surface area contributed by atoms with Gasteiger partial charge in [-0.1, -0.05) is 24.3 Å². The molecule has 0 saturated heterocycles. The first-order chi connectivity index (χ1) is 10.2. The second kappa shape index (κ2) is 5.55. The lowest BCUT2D eigenvalue weighted by molar-refractivity contribution is 0.171. The van der Waals surface area contributed by atoms with Crippen molar-refractivity contribution < 1.29 is 9.50 Å². The quantitative estimate of drug-likeness (QED) is 0.874. The van der Waals surface area contributed by atoms with Crippen LogP contribution in [0.2, 0.25) is 0 Å². The van der Waals surface area contributed by atoms with E-state index in [-0.39, 0.29) is 0 Å². The van der Waals surface area contributed by atoms with Crippen LogP contribution in [0, 0.1) is 17.1 Å². The Morgan fingerprint density at radius 3 is 2.86 bits per heavy atom. The molecule has 21 heavy (non-hydrogen) atoms. The number of nitriles is 1. The molecule has 0 bridgehead atoms. The highest BCUT2D eigenvalue weighted by atomic mass is 19.1. The maximum atomic E-state index is 13.3. The van der Waals surface area contributed by atoms with Gasteiger partial charge in [0.05, 0.1) is 17.4 Å². The predicted molar refractivity (Wildman–Crippen MR) is 78.2 cm³/mol. The number of anilines is 1. The summed E-state index contributed by atoms with van der Waals surface area (Å²) in [4.78, 5) is 2.02. The normalized spacial score (nSPS) is 17.8. The molecule has 0 spiro atoms. The smallest absolute Gasteiger partial charge is 0.124 e. The average molecular weight is 282 g/mol. The van der Waals surface area contributed by atoms with E-state index in [0.29, 0.717) is 30.8 Å². The van der Waals surface area contributed by atoms with Crippen LogP contribution in [0.15, 0.2) is 42.5 Å². The molecule has 1 N–H and O–H groups in total. The lowest BCUT2D eigenvalue weighted by atomic mass is 10.0. The summed E-state index contributed by atoms with van der Waals surface area (Å²) < 4.78 is 13.3. The SMILES string of the molecule is N#Cc1cc(F)ccc1N1CCC(O)c2ccccc2C1. The van der Waals surface area contributed by atoms with E-state index in [1.54, 1.807) is 6.07 Å². The topological polar surface area (TPSA) is 47.3 Å². The number of hydrogen-bond acceptors (Lipinski definition) is 3. The number of fused-ring (bicyclic) bond motifs is 1. The molecule has 0 radical (unpaired) electrons. The Morgan fingerprint density at radius 1 is 1.24 bits per heavy atom. The van der Waals surface area contributed by atoms with Crippen molar-refractivity contribution in [3.8, 4) is 6.07 Å². The Hall–Kier alpha value is -2.38. The summed E-state index contributed by atoms with van der Waals surface area (Å²) in [5.41, 5.74) is 3.00. The highest BCUT2D eigenvalue weighted by Gasteiger charge is 2.22. The summed E-state index contributed by atoms with van der Waals surface area (Å²) >= 11 is 0. The third-order valence-corrected chi connectivity index (χ3v) is 3.87. The Labute approximate surface area is 122 Å². The second-order valence-corrected chi connectivity index (χ2v) is 5.20. The van der Waals surface area contributed by atoms with E-state index in [9.17, 15) is 14.8 Å². The molecule has 0 aliphatic carbocycles. The molecule has 0 fully saturated rings. The predicted octanol–water partition coefficient (Wildman–Crippen LogP) is 3.14. The Kier molecular flexibility index (Phi) is 3.59. The standard InChI is InChI=1S/C17H15FN2O/c18-14-5-6-16(13(9-14)10-19)20-8-7-17(21)15-4-2-1-3-12(15)11-20/h1-6,9,17,21H,7-8,11H2. The Balaban J connectivity index is 2.00. The minimum absolute atomic E-state index is 0.323. The van der Waals surface area contributed by atoms with Gasteiger partial charge in [0, 0.05) is 13.1 Å². The van der Waals surface area contributed by atoms with E-state index < -0.39 is 11.9 Å². The van der Waals surface area contributed by atoms with Crippen molar-refractivity contribution in [3.63, 3.8) is 0 Å². The minimum atomic E-state index is -0.503. The first-order valence-electron chi connectivity index (χ1n) is 6.89. The minimum Gasteiger partial charge on any atom is -0.388 e. The molecular formula is C17H15FN2O. The van der Waals surface area contributed by atoms with Crippen LogP contribution in [0.1, 0.15) is 29.2 Å². The molecule has 3 nitrogen and oxygen atoms in total. The van der Waals surface area contributed by atoms with E-state index in [0.717, 1.165) is 11.1 Å². The molecule has 1 unspecified atom stereocenters. The summed E-state index contributed by atoms with van der Waals surface area (Å²) in [6.07, 6.45) is 0.0800. The molecule has 1 aliphatic rings. The van der Waals surface area contributed by atoms with Crippen molar-refractivity contribution in [1.29, 1.82) is 5.26 Å². The zero-order valence-corrected chi connectivity index (χ0v) is 11.5. The number of aliphatic hydroxyl groups is 1. The Morgan fingerprint density at radius 2 is 2.05 bits per heavy atom. The van der Waals surface area contributed by atoms with E-state index in [2.05, 4.69) is 0 Å². The fourth-order valence-corrected chi connectivity index (χ4v) is 2.80. The molecule has 0 aromatic heterocycles. The summed E-state index contributed by atoms with van der Waals surface area (Å²) in [5, 5.41) is 19.4. The molecule has 4 heteroatoms. The van der Waals surface area contributed by atoms with Gasteiger partial charge in [-0.2, -0.15) is 5.26 Å². The highest BCUT2D eigenvalue weighted by Crippen LogP contribution is 2.31. The summed E-state index contributed by atoms with van der Waals surface area (Å²) in [6, 6.07) is 14.1. The van der Waals surface area contributed by atoms with Crippen molar-refractivity contribution in [2.24, 2.45) is 0 Å². The van der Waals surface area contributed by atoms with Crippen molar-refractivity contribution in [2.45, 2.75) is 19.1 Å². The van der Waals surface area contributed by atoms with Gasteiger partial charge in [-0.05, 0) is 35.7 Å². The van der Waals surface area contributed by atoms with Crippen molar-refractivity contribution in [1.82, 2.24) is 0 Å². The van der Waals surface area contributed by atoms with Gasteiger partial charge in [-0.3, -0.25) is 0 Å². The Bertz CT molecular complexity index is 708. The van der Waals surface area contributed by atoms with Crippen LogP contribution in [0.3, 0.4) is 0 Å².